The molecule has 0 saturated carbocycles. The minimum atomic E-state index is 0.829. The van der Waals surface area contributed by atoms with Crippen LogP contribution in [0.2, 0.25) is 0 Å². The first-order valence-electron chi connectivity index (χ1n) is 4.24. The summed E-state index contributed by atoms with van der Waals surface area (Å²) in [5, 5.41) is 0.901. The summed E-state index contributed by atoms with van der Waals surface area (Å²) in [6.45, 7) is 0. The second-order valence-electron chi connectivity index (χ2n) is 2.69. The maximum Gasteiger partial charge on any atom is 0.156 e. The van der Waals surface area contributed by atoms with Crippen molar-refractivity contribution in [2.24, 2.45) is 0 Å². The van der Waals surface area contributed by atoms with Gasteiger partial charge in [-0.15, -0.1) is 0 Å². The Hall–Kier alpha value is -1.34. The molecule has 0 amide bonds. The van der Waals surface area contributed by atoms with Crippen molar-refractivity contribution in [2.45, 2.75) is 6.42 Å². The minimum absolute atomic E-state index is 0.829. The molecule has 0 aliphatic rings. The summed E-state index contributed by atoms with van der Waals surface area (Å²) in [5.74, 6) is 6.11. The molecule has 0 bridgehead atoms. The topological polar surface area (TPSA) is 30.2 Å². The molecule has 2 heterocycles. The molecule has 0 unspecified atom stereocenters. The predicted octanol–water partition coefficient (Wildman–Crippen LogP) is 1.87. The molecular formula is C10H8BrN3. The van der Waals surface area contributed by atoms with Crippen molar-refractivity contribution in [2.75, 3.05) is 5.33 Å². The second kappa shape index (κ2) is 4.25. The number of hydrogen-bond donors (Lipinski definition) is 0. The Kier molecular flexibility index (Phi) is 2.80. The Balaban J connectivity index is 2.40. The van der Waals surface area contributed by atoms with Crippen LogP contribution in [-0.4, -0.2) is 19.7 Å². The summed E-state index contributed by atoms with van der Waals surface area (Å²) in [4.78, 5) is 8.17. The van der Waals surface area contributed by atoms with Gasteiger partial charge in [0, 0.05) is 24.1 Å². The van der Waals surface area contributed by atoms with E-state index in [1.165, 1.54) is 0 Å². The fraction of sp³-hybridized carbons (Fsp3) is 0.200. The van der Waals surface area contributed by atoms with E-state index in [1.54, 1.807) is 18.6 Å². The van der Waals surface area contributed by atoms with E-state index in [2.05, 4.69) is 37.7 Å². The zero-order valence-corrected chi connectivity index (χ0v) is 9.03. The highest BCUT2D eigenvalue weighted by Crippen LogP contribution is 2.02. The number of alkyl halides is 1. The lowest BCUT2D eigenvalue weighted by Gasteiger charge is -1.91. The first-order chi connectivity index (χ1) is 6.92. The number of rotatable bonds is 1. The van der Waals surface area contributed by atoms with Gasteiger partial charge in [0.15, 0.2) is 5.65 Å². The summed E-state index contributed by atoms with van der Waals surface area (Å²) < 4.78 is 1.92. The van der Waals surface area contributed by atoms with E-state index in [9.17, 15) is 0 Å². The number of hydrogen-bond acceptors (Lipinski definition) is 2. The first-order valence-corrected chi connectivity index (χ1v) is 5.36. The van der Waals surface area contributed by atoms with E-state index < -0.39 is 0 Å². The summed E-state index contributed by atoms with van der Waals surface area (Å²) in [7, 11) is 0. The Bertz CT molecular complexity index is 493. The van der Waals surface area contributed by atoms with Crippen LogP contribution in [0.25, 0.3) is 5.65 Å². The molecule has 0 N–H and O–H groups in total. The number of nitrogens with zero attached hydrogens (tertiary/aromatic N) is 3. The Labute approximate surface area is 90.3 Å². The van der Waals surface area contributed by atoms with Crippen LogP contribution in [0, 0.1) is 11.8 Å². The minimum Gasteiger partial charge on any atom is -0.290 e. The molecule has 0 saturated heterocycles. The smallest absolute Gasteiger partial charge is 0.156 e. The third kappa shape index (κ3) is 1.78. The van der Waals surface area contributed by atoms with Crippen LogP contribution in [0.15, 0.2) is 24.8 Å². The molecule has 0 aliphatic heterocycles. The molecule has 0 spiro atoms. The van der Waals surface area contributed by atoms with Crippen molar-refractivity contribution in [3.05, 3.63) is 30.5 Å². The average molecular weight is 250 g/mol. The monoisotopic (exact) mass is 249 g/mol. The van der Waals surface area contributed by atoms with Crippen LogP contribution in [-0.2, 0) is 0 Å². The zero-order chi connectivity index (χ0) is 9.80. The third-order valence-electron chi connectivity index (χ3n) is 1.75. The van der Waals surface area contributed by atoms with Crippen LogP contribution in [0.1, 0.15) is 12.1 Å². The molecule has 4 heteroatoms. The van der Waals surface area contributed by atoms with E-state index in [4.69, 9.17) is 0 Å². The van der Waals surface area contributed by atoms with Gasteiger partial charge in [0.2, 0.25) is 0 Å². The van der Waals surface area contributed by atoms with Crippen LogP contribution in [0.4, 0.5) is 0 Å². The van der Waals surface area contributed by atoms with Gasteiger partial charge in [-0.2, -0.15) is 0 Å². The molecule has 0 fully saturated rings. The van der Waals surface area contributed by atoms with E-state index in [-0.39, 0.29) is 0 Å². The Morgan fingerprint density at radius 3 is 3.21 bits per heavy atom. The molecule has 2 aromatic rings. The molecular weight excluding hydrogens is 242 g/mol. The predicted molar refractivity (Wildman–Crippen MR) is 58.3 cm³/mol. The highest BCUT2D eigenvalue weighted by Gasteiger charge is 1.97. The number of fused-ring (bicyclic) bond motifs is 1. The lowest BCUT2D eigenvalue weighted by Crippen LogP contribution is -1.87. The molecule has 2 rings (SSSR count). The summed E-state index contributed by atoms with van der Waals surface area (Å²) in [6, 6.07) is 0. The molecule has 3 nitrogen and oxygen atoms in total. The number of imidazole rings is 1. The van der Waals surface area contributed by atoms with Crippen molar-refractivity contribution in [3.63, 3.8) is 0 Å². The summed E-state index contributed by atoms with van der Waals surface area (Å²) in [6.07, 6.45) is 7.91. The SMILES string of the molecule is BrCCC#Cc1cnc2cnccn12. The molecule has 0 aromatic carbocycles. The summed E-state index contributed by atoms with van der Waals surface area (Å²) >= 11 is 3.33. The fourth-order valence-electron chi connectivity index (χ4n) is 1.13. The lowest BCUT2D eigenvalue weighted by atomic mass is 10.4. The molecule has 2 aromatic heterocycles. The van der Waals surface area contributed by atoms with E-state index >= 15 is 0 Å². The Morgan fingerprint density at radius 1 is 1.43 bits per heavy atom. The van der Waals surface area contributed by atoms with Crippen molar-refractivity contribution >= 4 is 21.6 Å². The quantitative estimate of drug-likeness (QED) is 0.571. The number of halogens is 1. The van der Waals surface area contributed by atoms with Crippen LogP contribution in [0.5, 0.6) is 0 Å². The van der Waals surface area contributed by atoms with E-state index in [0.717, 1.165) is 23.1 Å². The van der Waals surface area contributed by atoms with Gasteiger partial charge < -0.3 is 0 Å². The normalized spacial score (nSPS) is 9.79. The highest BCUT2D eigenvalue weighted by molar-refractivity contribution is 9.09. The van der Waals surface area contributed by atoms with Gasteiger partial charge >= 0.3 is 0 Å². The van der Waals surface area contributed by atoms with E-state index in [0.29, 0.717) is 0 Å². The van der Waals surface area contributed by atoms with Crippen molar-refractivity contribution in [1.29, 1.82) is 0 Å². The average Bonchev–Trinajstić information content (AvgIpc) is 2.63. The van der Waals surface area contributed by atoms with E-state index in [1.807, 2.05) is 10.6 Å². The molecule has 14 heavy (non-hydrogen) atoms. The molecule has 0 atom stereocenters. The molecule has 70 valence electrons. The highest BCUT2D eigenvalue weighted by atomic mass is 79.9. The Morgan fingerprint density at radius 2 is 2.36 bits per heavy atom. The van der Waals surface area contributed by atoms with Crippen molar-refractivity contribution in [3.8, 4) is 11.8 Å². The number of aromatic nitrogens is 3. The molecule has 0 aliphatic carbocycles. The van der Waals surface area contributed by atoms with Crippen molar-refractivity contribution in [1.82, 2.24) is 14.4 Å². The van der Waals surface area contributed by atoms with Gasteiger partial charge in [0.1, 0.15) is 5.69 Å². The maximum absolute atomic E-state index is 4.18. The van der Waals surface area contributed by atoms with Crippen LogP contribution < -0.4 is 0 Å². The molecule has 0 radical (unpaired) electrons. The van der Waals surface area contributed by atoms with Crippen molar-refractivity contribution < 1.29 is 0 Å². The van der Waals surface area contributed by atoms with Gasteiger partial charge in [-0.1, -0.05) is 21.9 Å². The summed E-state index contributed by atoms with van der Waals surface area (Å²) in [5.41, 5.74) is 1.74. The third-order valence-corrected chi connectivity index (χ3v) is 2.15. The van der Waals surface area contributed by atoms with Gasteiger partial charge in [-0.3, -0.25) is 9.38 Å². The maximum atomic E-state index is 4.18. The first kappa shape index (κ1) is 9.22. The fourth-order valence-corrected chi connectivity index (χ4v) is 1.33. The lowest BCUT2D eigenvalue weighted by molar-refractivity contribution is 1.11. The van der Waals surface area contributed by atoms with Gasteiger partial charge in [0.25, 0.3) is 0 Å². The van der Waals surface area contributed by atoms with Crippen LogP contribution in [0.3, 0.4) is 0 Å². The van der Waals surface area contributed by atoms with Gasteiger partial charge in [-0.05, 0) is 5.92 Å². The van der Waals surface area contributed by atoms with Gasteiger partial charge in [0.05, 0.1) is 12.4 Å². The van der Waals surface area contributed by atoms with Gasteiger partial charge in [-0.25, -0.2) is 4.98 Å². The van der Waals surface area contributed by atoms with Crippen LogP contribution >= 0.6 is 15.9 Å². The second-order valence-corrected chi connectivity index (χ2v) is 3.48. The zero-order valence-electron chi connectivity index (χ0n) is 7.44. The largest absolute Gasteiger partial charge is 0.290 e. The standard InChI is InChI=1S/C10H8BrN3/c11-4-2-1-3-9-7-13-10-8-12-5-6-14(9)10/h5-8H,2,4H2.